The first kappa shape index (κ1) is 15.5. The lowest BCUT2D eigenvalue weighted by Crippen LogP contribution is -2.08. The monoisotopic (exact) mass is 302 g/mol. The summed E-state index contributed by atoms with van der Waals surface area (Å²) in [5.74, 6) is 1.74. The molecular formula is C14H18N6O2. The number of imidazole rings is 1. The molecule has 0 saturated heterocycles. The lowest BCUT2D eigenvalue weighted by molar-refractivity contribution is 0.146. The van der Waals surface area contributed by atoms with Crippen molar-refractivity contribution in [3.63, 3.8) is 0 Å². The third-order valence-corrected chi connectivity index (χ3v) is 2.76. The highest BCUT2D eigenvalue weighted by atomic mass is 16.5. The van der Waals surface area contributed by atoms with Crippen LogP contribution < -0.4 is 16.2 Å². The van der Waals surface area contributed by atoms with Crippen LogP contribution in [0.4, 0.5) is 11.6 Å². The number of pyridine rings is 1. The summed E-state index contributed by atoms with van der Waals surface area (Å²) in [5.41, 5.74) is 12.1. The molecule has 0 aliphatic heterocycles. The first-order valence-corrected chi connectivity index (χ1v) is 6.55. The van der Waals surface area contributed by atoms with Crippen molar-refractivity contribution in [1.29, 1.82) is 5.41 Å². The van der Waals surface area contributed by atoms with E-state index in [4.69, 9.17) is 26.4 Å². The smallest absolute Gasteiger partial charge is 0.166 e. The van der Waals surface area contributed by atoms with Crippen LogP contribution in [-0.2, 0) is 4.74 Å². The van der Waals surface area contributed by atoms with Crippen LogP contribution in [0.2, 0.25) is 0 Å². The maximum absolute atomic E-state index is 8.05. The Hall–Kier alpha value is -2.87. The van der Waals surface area contributed by atoms with E-state index < -0.39 is 0 Å². The number of methoxy groups -OCH3 is 1. The average Bonchev–Trinajstić information content (AvgIpc) is 2.92. The minimum Gasteiger partial charge on any atom is -0.487 e. The first-order valence-electron chi connectivity index (χ1n) is 6.55. The highest BCUT2D eigenvalue weighted by Gasteiger charge is 2.06. The third-order valence-electron chi connectivity index (χ3n) is 2.76. The molecule has 2 rings (SSSR count). The summed E-state index contributed by atoms with van der Waals surface area (Å²) in [6, 6.07) is 1.67. The molecule has 0 fully saturated rings. The Bertz CT molecular complexity index is 680. The zero-order valence-electron chi connectivity index (χ0n) is 12.2. The molecule has 0 spiro atoms. The van der Waals surface area contributed by atoms with E-state index in [1.54, 1.807) is 25.3 Å². The maximum Gasteiger partial charge on any atom is 0.166 e. The second kappa shape index (κ2) is 7.23. The van der Waals surface area contributed by atoms with Crippen molar-refractivity contribution < 1.29 is 9.47 Å². The van der Waals surface area contributed by atoms with E-state index in [9.17, 15) is 0 Å². The van der Waals surface area contributed by atoms with Gasteiger partial charge in [-0.15, -0.1) is 0 Å². The van der Waals surface area contributed by atoms with E-state index in [2.05, 4.69) is 15.0 Å². The molecule has 0 radical (unpaired) electrons. The molecule has 0 aliphatic rings. The summed E-state index contributed by atoms with van der Waals surface area (Å²) >= 11 is 0. The fourth-order valence-corrected chi connectivity index (χ4v) is 1.65. The second-order valence-electron chi connectivity index (χ2n) is 4.42. The van der Waals surface area contributed by atoms with E-state index >= 15 is 0 Å². The topological polar surface area (TPSA) is 136 Å². The number of nitrogen functional groups attached to an aromatic ring is 2. The second-order valence-corrected chi connectivity index (χ2v) is 4.42. The molecule has 22 heavy (non-hydrogen) atoms. The summed E-state index contributed by atoms with van der Waals surface area (Å²) in [6.45, 7) is 0.807. The van der Waals surface area contributed by atoms with Gasteiger partial charge in [0.05, 0.1) is 18.5 Å². The Kier molecular flexibility index (Phi) is 5.10. The van der Waals surface area contributed by atoms with Crippen molar-refractivity contribution in [1.82, 2.24) is 15.0 Å². The Morgan fingerprint density at radius 3 is 2.82 bits per heavy atom. The molecule has 8 heteroatoms. The van der Waals surface area contributed by atoms with Crippen LogP contribution in [0.15, 0.2) is 24.5 Å². The Morgan fingerprint density at radius 2 is 2.14 bits per heavy atom. The zero-order chi connectivity index (χ0) is 15.9. The van der Waals surface area contributed by atoms with Crippen molar-refractivity contribution in [3.8, 4) is 5.75 Å². The zero-order valence-corrected chi connectivity index (χ0v) is 12.2. The fourth-order valence-electron chi connectivity index (χ4n) is 1.65. The van der Waals surface area contributed by atoms with Gasteiger partial charge in [-0.25, -0.2) is 9.97 Å². The average molecular weight is 302 g/mol. The van der Waals surface area contributed by atoms with E-state index in [-0.39, 0.29) is 11.5 Å². The number of rotatable bonds is 7. The lowest BCUT2D eigenvalue weighted by atomic mass is 10.1. The molecule has 2 aromatic rings. The highest BCUT2D eigenvalue weighted by molar-refractivity contribution is 6.08. The van der Waals surface area contributed by atoms with E-state index in [1.807, 2.05) is 0 Å². The number of nitrogens with zero attached hydrogens (tertiary/aromatic N) is 2. The number of aromatic amines is 1. The van der Waals surface area contributed by atoms with E-state index in [0.717, 1.165) is 0 Å². The van der Waals surface area contributed by atoms with Crippen molar-refractivity contribution in [2.45, 2.75) is 0 Å². The Morgan fingerprint density at radius 1 is 1.32 bits per heavy atom. The summed E-state index contributed by atoms with van der Waals surface area (Å²) in [4.78, 5) is 10.9. The van der Waals surface area contributed by atoms with E-state index in [1.165, 1.54) is 12.4 Å². The summed E-state index contributed by atoms with van der Waals surface area (Å²) in [7, 11) is 1.59. The number of allylic oxidation sites excluding steroid dienone is 1. The third kappa shape index (κ3) is 4.06. The van der Waals surface area contributed by atoms with Gasteiger partial charge in [-0.2, -0.15) is 0 Å². The van der Waals surface area contributed by atoms with Crippen LogP contribution >= 0.6 is 0 Å². The van der Waals surface area contributed by atoms with Crippen molar-refractivity contribution in [2.24, 2.45) is 0 Å². The quantitative estimate of drug-likeness (QED) is 0.446. The van der Waals surface area contributed by atoms with Gasteiger partial charge in [-0.1, -0.05) is 0 Å². The fraction of sp³-hybridized carbons (Fsp3) is 0.214. The summed E-state index contributed by atoms with van der Waals surface area (Å²) in [6.07, 6.45) is 6.27. The number of anilines is 2. The molecule has 0 atom stereocenters. The molecule has 0 aromatic carbocycles. The number of hydrogen-bond donors (Lipinski definition) is 4. The number of H-pyrrole nitrogens is 1. The molecule has 2 aromatic heterocycles. The predicted molar refractivity (Wildman–Crippen MR) is 84.9 cm³/mol. The normalized spacial score (nSPS) is 11.0. The molecule has 0 amide bonds. The predicted octanol–water partition coefficient (Wildman–Crippen LogP) is 1.08. The molecule has 0 saturated carbocycles. The number of aromatic nitrogens is 3. The van der Waals surface area contributed by atoms with Gasteiger partial charge in [0.15, 0.2) is 11.6 Å². The van der Waals surface area contributed by atoms with Gasteiger partial charge in [0.25, 0.3) is 0 Å². The maximum atomic E-state index is 8.05. The highest BCUT2D eigenvalue weighted by Crippen LogP contribution is 2.20. The molecule has 0 unspecified atom stereocenters. The minimum atomic E-state index is 0.249. The number of nitrogens with one attached hydrogen (secondary N) is 2. The van der Waals surface area contributed by atoms with Gasteiger partial charge >= 0.3 is 0 Å². The van der Waals surface area contributed by atoms with Crippen molar-refractivity contribution in [3.05, 3.63) is 35.9 Å². The van der Waals surface area contributed by atoms with Gasteiger partial charge in [0, 0.05) is 18.9 Å². The molecule has 116 valence electrons. The van der Waals surface area contributed by atoms with Gasteiger partial charge in [0.2, 0.25) is 0 Å². The van der Waals surface area contributed by atoms with Crippen LogP contribution in [0.5, 0.6) is 5.75 Å². The Labute approximate surface area is 127 Å². The van der Waals surface area contributed by atoms with Crippen LogP contribution in [-0.4, -0.2) is 41.0 Å². The van der Waals surface area contributed by atoms with Gasteiger partial charge in [-0.05, 0) is 18.2 Å². The largest absolute Gasteiger partial charge is 0.487 e. The Balaban J connectivity index is 2.09. The molecule has 0 aliphatic carbocycles. The van der Waals surface area contributed by atoms with E-state index in [0.29, 0.717) is 36.2 Å². The molecule has 2 heterocycles. The van der Waals surface area contributed by atoms with Gasteiger partial charge in [0.1, 0.15) is 18.2 Å². The number of hydrogen-bond acceptors (Lipinski definition) is 7. The van der Waals surface area contributed by atoms with Crippen molar-refractivity contribution in [2.75, 3.05) is 31.8 Å². The number of nitrogens with two attached hydrogens (primary N) is 2. The van der Waals surface area contributed by atoms with Crippen LogP contribution in [0.3, 0.4) is 0 Å². The summed E-state index contributed by atoms with van der Waals surface area (Å²) in [5, 5.41) is 8.05. The molecule has 8 nitrogen and oxygen atoms in total. The van der Waals surface area contributed by atoms with Crippen LogP contribution in [0.25, 0.3) is 6.08 Å². The molecular weight excluding hydrogens is 284 g/mol. The van der Waals surface area contributed by atoms with Crippen molar-refractivity contribution >= 4 is 23.4 Å². The lowest BCUT2D eigenvalue weighted by Gasteiger charge is -2.09. The summed E-state index contributed by atoms with van der Waals surface area (Å²) < 4.78 is 10.4. The SMILES string of the molecule is COCCOc1cc(C(=N)/C=C\c2ncc(N)[nH]2)cnc1N. The minimum absolute atomic E-state index is 0.249. The van der Waals surface area contributed by atoms with Crippen LogP contribution in [0.1, 0.15) is 11.4 Å². The molecule has 6 N–H and O–H groups in total. The van der Waals surface area contributed by atoms with Gasteiger partial charge in [-0.3, -0.25) is 0 Å². The first-order chi connectivity index (χ1) is 10.6. The standard InChI is InChI=1S/C14H18N6O2/c1-21-4-5-22-11-6-9(7-19-14(11)17)10(15)2-3-13-18-8-12(16)20-13/h2-3,6-8,15H,4-5,16H2,1H3,(H2,17,19)(H,18,20)/b3-2-,15-10?. The molecule has 0 bridgehead atoms. The van der Waals surface area contributed by atoms with Crippen LogP contribution in [0, 0.1) is 5.41 Å². The number of ether oxygens (including phenoxy) is 2. The van der Waals surface area contributed by atoms with Gasteiger partial charge < -0.3 is 31.3 Å².